The molecule has 2 aromatic rings. The van der Waals surface area contributed by atoms with Crippen LogP contribution in [0.5, 0.6) is 11.5 Å². The lowest BCUT2D eigenvalue weighted by Gasteiger charge is -2.08. The van der Waals surface area contributed by atoms with E-state index in [0.29, 0.717) is 5.75 Å². The predicted molar refractivity (Wildman–Crippen MR) is 102 cm³/mol. The Hall–Kier alpha value is -3.62. The molecule has 9 nitrogen and oxygen atoms in total. The van der Waals surface area contributed by atoms with Gasteiger partial charge in [0.2, 0.25) is 0 Å². The molecule has 0 aliphatic heterocycles. The maximum Gasteiger partial charge on any atom is 0.282 e. The highest BCUT2D eigenvalue weighted by Gasteiger charge is 2.18. The number of hydrogen-bond donors (Lipinski definition) is 2. The van der Waals surface area contributed by atoms with Gasteiger partial charge in [0.1, 0.15) is 0 Å². The second-order valence-electron chi connectivity index (χ2n) is 5.54. The van der Waals surface area contributed by atoms with E-state index in [9.17, 15) is 14.9 Å². The number of nitrogens with one attached hydrogen (secondary N) is 2. The molecule has 0 spiro atoms. The largest absolute Gasteiger partial charge is 0.493 e. The van der Waals surface area contributed by atoms with Gasteiger partial charge in [0.25, 0.3) is 11.6 Å². The number of carbonyl (C=O) groups excluding carboxylic acids is 1. The summed E-state index contributed by atoms with van der Waals surface area (Å²) >= 11 is 0. The van der Waals surface area contributed by atoms with Crippen LogP contribution in [0.15, 0.2) is 41.5 Å². The van der Waals surface area contributed by atoms with Crippen LogP contribution in [0.3, 0.4) is 0 Å². The minimum atomic E-state index is -0.565. The number of hydrazone groups is 1. The van der Waals surface area contributed by atoms with Gasteiger partial charge in [0, 0.05) is 5.69 Å². The molecule has 0 radical (unpaired) electrons. The average molecular weight is 372 g/mol. The molecule has 0 bridgehead atoms. The zero-order valence-electron chi connectivity index (χ0n) is 15.2. The summed E-state index contributed by atoms with van der Waals surface area (Å²) in [6, 6.07) is 10.2. The van der Waals surface area contributed by atoms with E-state index in [0.717, 1.165) is 11.3 Å². The van der Waals surface area contributed by atoms with Crippen molar-refractivity contribution in [3.05, 3.63) is 57.6 Å². The number of anilines is 1. The molecule has 27 heavy (non-hydrogen) atoms. The SMILES string of the molecule is COc1cc(/C=N\NC(=O)CNc2ccc(C)cc2)c([N+](=O)[O-])cc1OC. The van der Waals surface area contributed by atoms with Crippen LogP contribution < -0.4 is 20.2 Å². The van der Waals surface area contributed by atoms with Crippen LogP contribution in [0.25, 0.3) is 0 Å². The van der Waals surface area contributed by atoms with Gasteiger partial charge >= 0.3 is 0 Å². The number of nitro groups is 1. The Labute approximate surface area is 156 Å². The molecule has 0 atom stereocenters. The highest BCUT2D eigenvalue weighted by molar-refractivity contribution is 5.88. The van der Waals surface area contributed by atoms with Crippen molar-refractivity contribution in [2.75, 3.05) is 26.1 Å². The first-order valence-electron chi connectivity index (χ1n) is 7.97. The van der Waals surface area contributed by atoms with Crippen molar-refractivity contribution in [1.29, 1.82) is 0 Å². The second kappa shape index (κ2) is 9.18. The van der Waals surface area contributed by atoms with Gasteiger partial charge in [-0.2, -0.15) is 5.10 Å². The van der Waals surface area contributed by atoms with E-state index >= 15 is 0 Å². The smallest absolute Gasteiger partial charge is 0.282 e. The van der Waals surface area contributed by atoms with Crippen LogP contribution >= 0.6 is 0 Å². The molecule has 2 aromatic carbocycles. The van der Waals surface area contributed by atoms with Crippen molar-refractivity contribution in [3.63, 3.8) is 0 Å². The monoisotopic (exact) mass is 372 g/mol. The standard InChI is InChI=1S/C18H20N4O5/c1-12-4-6-14(7-5-12)19-11-18(23)21-20-10-13-8-16(26-2)17(27-3)9-15(13)22(24)25/h4-10,19H,11H2,1-3H3,(H,21,23)/b20-10-. The van der Waals surface area contributed by atoms with Crippen molar-refractivity contribution in [3.8, 4) is 11.5 Å². The molecular formula is C18H20N4O5. The van der Waals surface area contributed by atoms with Gasteiger partial charge in [-0.25, -0.2) is 5.43 Å². The number of ether oxygens (including phenoxy) is 2. The van der Waals surface area contributed by atoms with Crippen LogP contribution in [0.1, 0.15) is 11.1 Å². The molecule has 142 valence electrons. The van der Waals surface area contributed by atoms with Crippen molar-refractivity contribution in [1.82, 2.24) is 5.43 Å². The number of amides is 1. The lowest BCUT2D eigenvalue weighted by atomic mass is 10.1. The van der Waals surface area contributed by atoms with E-state index in [1.54, 1.807) is 0 Å². The first kappa shape index (κ1) is 19.7. The third kappa shape index (κ3) is 5.43. The maximum absolute atomic E-state index is 11.8. The van der Waals surface area contributed by atoms with E-state index in [1.807, 2.05) is 31.2 Å². The number of aryl methyl sites for hydroxylation is 1. The summed E-state index contributed by atoms with van der Waals surface area (Å²) in [6.07, 6.45) is 1.18. The van der Waals surface area contributed by atoms with Crippen LogP contribution in [0, 0.1) is 17.0 Å². The molecule has 0 aliphatic rings. The van der Waals surface area contributed by atoms with Crippen molar-refractivity contribution >= 4 is 23.5 Å². The van der Waals surface area contributed by atoms with Crippen LogP contribution in [-0.2, 0) is 4.79 Å². The summed E-state index contributed by atoms with van der Waals surface area (Å²) in [5, 5.41) is 17.9. The Kier molecular flexibility index (Phi) is 6.70. The lowest BCUT2D eigenvalue weighted by molar-refractivity contribution is -0.385. The fraction of sp³-hybridized carbons (Fsp3) is 0.222. The van der Waals surface area contributed by atoms with Crippen LogP contribution in [-0.4, -0.2) is 37.8 Å². The minimum Gasteiger partial charge on any atom is -0.493 e. The first-order valence-corrected chi connectivity index (χ1v) is 7.97. The molecule has 0 fully saturated rings. The van der Waals surface area contributed by atoms with E-state index < -0.39 is 10.8 Å². The summed E-state index contributed by atoms with van der Waals surface area (Å²) in [4.78, 5) is 22.5. The zero-order chi connectivity index (χ0) is 19.8. The molecule has 0 unspecified atom stereocenters. The highest BCUT2D eigenvalue weighted by atomic mass is 16.6. The summed E-state index contributed by atoms with van der Waals surface area (Å²) < 4.78 is 10.2. The van der Waals surface area contributed by atoms with Gasteiger partial charge in [-0.15, -0.1) is 0 Å². The molecule has 2 N–H and O–H groups in total. The molecule has 0 saturated heterocycles. The van der Waals surface area contributed by atoms with Crippen LogP contribution in [0.2, 0.25) is 0 Å². The van der Waals surface area contributed by atoms with Gasteiger partial charge < -0.3 is 14.8 Å². The van der Waals surface area contributed by atoms with Gasteiger partial charge in [-0.05, 0) is 25.1 Å². The fourth-order valence-corrected chi connectivity index (χ4v) is 2.21. The van der Waals surface area contributed by atoms with Crippen molar-refractivity contribution in [2.45, 2.75) is 6.92 Å². The number of carbonyl (C=O) groups is 1. The van der Waals surface area contributed by atoms with E-state index in [-0.39, 0.29) is 23.5 Å². The van der Waals surface area contributed by atoms with E-state index in [1.165, 1.54) is 32.6 Å². The fourth-order valence-electron chi connectivity index (χ4n) is 2.21. The number of rotatable bonds is 8. The Balaban J connectivity index is 2.02. The molecule has 0 saturated carbocycles. The molecule has 2 rings (SSSR count). The molecule has 1 amide bonds. The third-order valence-electron chi connectivity index (χ3n) is 3.63. The molecular weight excluding hydrogens is 352 g/mol. The zero-order valence-corrected chi connectivity index (χ0v) is 15.2. The normalized spacial score (nSPS) is 10.5. The molecule has 0 aliphatic carbocycles. The Morgan fingerprint density at radius 2 is 1.81 bits per heavy atom. The van der Waals surface area contributed by atoms with Crippen LogP contribution in [0.4, 0.5) is 11.4 Å². The lowest BCUT2D eigenvalue weighted by Crippen LogP contribution is -2.25. The van der Waals surface area contributed by atoms with E-state index in [4.69, 9.17) is 9.47 Å². The average Bonchev–Trinajstić information content (AvgIpc) is 2.66. The summed E-state index contributed by atoms with van der Waals surface area (Å²) in [5.41, 5.74) is 4.19. The number of nitrogens with zero attached hydrogens (tertiary/aromatic N) is 2. The number of nitro benzene ring substituents is 1. The van der Waals surface area contributed by atoms with Gasteiger partial charge in [0.05, 0.1) is 43.5 Å². The summed E-state index contributed by atoms with van der Waals surface area (Å²) in [6.45, 7) is 1.98. The Morgan fingerprint density at radius 3 is 2.41 bits per heavy atom. The second-order valence-corrected chi connectivity index (χ2v) is 5.54. The minimum absolute atomic E-state index is 0.00836. The van der Waals surface area contributed by atoms with Gasteiger partial charge in [-0.1, -0.05) is 17.7 Å². The Morgan fingerprint density at radius 1 is 1.19 bits per heavy atom. The van der Waals surface area contributed by atoms with Gasteiger partial charge in [-0.3, -0.25) is 14.9 Å². The topological polar surface area (TPSA) is 115 Å². The third-order valence-corrected chi connectivity index (χ3v) is 3.63. The predicted octanol–water partition coefficient (Wildman–Crippen LogP) is 2.48. The van der Waals surface area contributed by atoms with Crippen molar-refractivity contribution < 1.29 is 19.2 Å². The quantitative estimate of drug-likeness (QED) is 0.418. The van der Waals surface area contributed by atoms with Gasteiger partial charge in [0.15, 0.2) is 11.5 Å². The van der Waals surface area contributed by atoms with Crippen molar-refractivity contribution in [2.24, 2.45) is 5.10 Å². The maximum atomic E-state index is 11.8. The first-order chi connectivity index (χ1) is 12.9. The van der Waals surface area contributed by atoms with E-state index in [2.05, 4.69) is 15.8 Å². The molecule has 9 heteroatoms. The number of hydrogen-bond acceptors (Lipinski definition) is 7. The number of benzene rings is 2. The highest BCUT2D eigenvalue weighted by Crippen LogP contribution is 2.33. The molecule has 0 aromatic heterocycles. The molecule has 0 heterocycles. The summed E-state index contributed by atoms with van der Waals surface area (Å²) in [7, 11) is 2.81. The summed E-state index contributed by atoms with van der Waals surface area (Å²) in [5.74, 6) is 0.152. The number of methoxy groups -OCH3 is 2. The Bertz CT molecular complexity index is 850.